The van der Waals surface area contributed by atoms with E-state index >= 15 is 0 Å². The Balaban J connectivity index is 1.78. The number of nitriles is 1. The van der Waals surface area contributed by atoms with Gasteiger partial charge >= 0.3 is 0 Å². The van der Waals surface area contributed by atoms with Crippen molar-refractivity contribution in [2.45, 2.75) is 26.0 Å². The van der Waals surface area contributed by atoms with E-state index < -0.39 is 0 Å². The molecule has 3 N–H and O–H groups in total. The van der Waals surface area contributed by atoms with Gasteiger partial charge in [0.25, 0.3) is 0 Å². The van der Waals surface area contributed by atoms with Crippen LogP contribution >= 0.6 is 15.9 Å². The molecule has 2 aromatic rings. The number of anilines is 3. The maximum atomic E-state index is 9.38. The number of hydrogen-bond donors (Lipinski definition) is 3. The summed E-state index contributed by atoms with van der Waals surface area (Å²) in [5, 5.41) is 25.2. The van der Waals surface area contributed by atoms with Gasteiger partial charge in [0, 0.05) is 28.5 Å². The highest BCUT2D eigenvalue weighted by atomic mass is 79.9. The van der Waals surface area contributed by atoms with Crippen LogP contribution in [0.4, 0.5) is 17.5 Å². The smallest absolute Gasteiger partial charge is 0.229 e. The van der Waals surface area contributed by atoms with Gasteiger partial charge in [-0.1, -0.05) is 15.9 Å². The number of ether oxygens (including phenoxy) is 1. The van der Waals surface area contributed by atoms with Crippen molar-refractivity contribution in [3.63, 3.8) is 0 Å². The molecule has 1 aliphatic heterocycles. The second-order valence-electron chi connectivity index (χ2n) is 6.16. The SMILES string of the molecule is Cc1cnc(Nc2ccc(Br)c(CO)c2)nc1N[C@H]1COCC[C@@H]1C#N. The van der Waals surface area contributed by atoms with E-state index in [1.54, 1.807) is 6.20 Å². The summed E-state index contributed by atoms with van der Waals surface area (Å²) in [4.78, 5) is 8.85. The molecule has 3 rings (SSSR count). The maximum absolute atomic E-state index is 9.38. The number of nitrogens with one attached hydrogen (secondary N) is 2. The van der Waals surface area contributed by atoms with E-state index in [9.17, 15) is 10.4 Å². The van der Waals surface area contributed by atoms with Gasteiger partial charge in [-0.25, -0.2) is 4.98 Å². The highest BCUT2D eigenvalue weighted by molar-refractivity contribution is 9.10. The molecule has 1 fully saturated rings. The Kier molecular flexibility index (Phi) is 6.04. The summed E-state index contributed by atoms with van der Waals surface area (Å²) in [5.41, 5.74) is 2.45. The molecule has 0 spiro atoms. The minimum atomic E-state index is -0.104. The molecular formula is C18H20BrN5O2. The van der Waals surface area contributed by atoms with E-state index in [1.807, 2.05) is 25.1 Å². The van der Waals surface area contributed by atoms with Crippen molar-refractivity contribution in [2.24, 2.45) is 5.92 Å². The summed E-state index contributed by atoms with van der Waals surface area (Å²) < 4.78 is 6.33. The van der Waals surface area contributed by atoms with Crippen LogP contribution in [0.2, 0.25) is 0 Å². The minimum Gasteiger partial charge on any atom is -0.392 e. The van der Waals surface area contributed by atoms with Gasteiger partial charge in [0.1, 0.15) is 5.82 Å². The Bertz CT molecular complexity index is 824. The van der Waals surface area contributed by atoms with E-state index in [4.69, 9.17) is 4.74 Å². The van der Waals surface area contributed by atoms with E-state index in [0.717, 1.165) is 21.3 Å². The Labute approximate surface area is 160 Å². The monoisotopic (exact) mass is 417 g/mol. The largest absolute Gasteiger partial charge is 0.392 e. The fraction of sp³-hybridized carbons (Fsp3) is 0.389. The fourth-order valence-corrected chi connectivity index (χ4v) is 3.13. The normalized spacial score (nSPS) is 19.6. The lowest BCUT2D eigenvalue weighted by atomic mass is 9.96. The van der Waals surface area contributed by atoms with E-state index in [-0.39, 0.29) is 18.6 Å². The molecule has 2 atom stereocenters. The van der Waals surface area contributed by atoms with Gasteiger partial charge in [0.2, 0.25) is 5.95 Å². The quantitative estimate of drug-likeness (QED) is 0.686. The Morgan fingerprint density at radius 1 is 1.46 bits per heavy atom. The summed E-state index contributed by atoms with van der Waals surface area (Å²) in [6.07, 6.45) is 2.45. The van der Waals surface area contributed by atoms with Crippen LogP contribution in [0.1, 0.15) is 17.5 Å². The topological polar surface area (TPSA) is 103 Å². The molecule has 0 amide bonds. The average Bonchev–Trinajstić information content (AvgIpc) is 2.66. The summed E-state index contributed by atoms with van der Waals surface area (Å²) in [5.74, 6) is 1.01. The molecule has 0 saturated carbocycles. The van der Waals surface area contributed by atoms with Gasteiger partial charge in [0.05, 0.1) is 31.2 Å². The molecule has 2 heterocycles. The maximum Gasteiger partial charge on any atom is 0.229 e. The number of aliphatic hydroxyl groups excluding tert-OH is 1. The summed E-state index contributed by atoms with van der Waals surface area (Å²) >= 11 is 3.40. The first kappa shape index (κ1) is 18.6. The Morgan fingerprint density at radius 2 is 2.31 bits per heavy atom. The number of halogens is 1. The first-order valence-electron chi connectivity index (χ1n) is 8.34. The molecule has 1 aromatic heterocycles. The number of aryl methyl sites for hydroxylation is 1. The van der Waals surface area contributed by atoms with Gasteiger partial charge < -0.3 is 20.5 Å². The molecule has 0 bridgehead atoms. The van der Waals surface area contributed by atoms with Crippen LogP contribution < -0.4 is 10.6 Å². The molecular weight excluding hydrogens is 398 g/mol. The Morgan fingerprint density at radius 3 is 3.08 bits per heavy atom. The number of rotatable bonds is 5. The number of nitrogens with zero attached hydrogens (tertiary/aromatic N) is 3. The van der Waals surface area contributed by atoms with Crippen molar-refractivity contribution in [1.82, 2.24) is 9.97 Å². The van der Waals surface area contributed by atoms with Crippen LogP contribution in [-0.4, -0.2) is 34.3 Å². The van der Waals surface area contributed by atoms with E-state index in [2.05, 4.69) is 42.6 Å². The number of aromatic nitrogens is 2. The minimum absolute atomic E-state index is 0.0606. The molecule has 0 unspecified atom stereocenters. The van der Waals surface area contributed by atoms with Crippen LogP contribution in [-0.2, 0) is 11.3 Å². The van der Waals surface area contributed by atoms with Gasteiger partial charge in [-0.15, -0.1) is 0 Å². The van der Waals surface area contributed by atoms with Crippen molar-refractivity contribution < 1.29 is 9.84 Å². The zero-order valence-electron chi connectivity index (χ0n) is 14.4. The standard InChI is InChI=1S/C18H20BrN5O2/c1-11-8-21-18(22-14-2-3-15(19)13(6-14)9-25)24-17(11)23-16-10-26-5-4-12(16)7-20/h2-3,6,8,12,16,25H,4-5,9-10H2,1H3,(H2,21,22,23,24)/t12-,16+/m1/s1. The molecule has 1 aromatic carbocycles. The van der Waals surface area contributed by atoms with E-state index in [0.29, 0.717) is 31.4 Å². The first-order chi connectivity index (χ1) is 12.6. The van der Waals surface area contributed by atoms with Crippen molar-refractivity contribution in [3.05, 3.63) is 40.0 Å². The molecule has 136 valence electrons. The third kappa shape index (κ3) is 4.30. The molecule has 7 nitrogen and oxygen atoms in total. The third-order valence-electron chi connectivity index (χ3n) is 4.29. The lowest BCUT2D eigenvalue weighted by Crippen LogP contribution is -2.38. The molecule has 0 radical (unpaired) electrons. The lowest BCUT2D eigenvalue weighted by Gasteiger charge is -2.28. The van der Waals surface area contributed by atoms with Gasteiger partial charge in [-0.3, -0.25) is 0 Å². The van der Waals surface area contributed by atoms with Gasteiger partial charge in [-0.2, -0.15) is 10.2 Å². The van der Waals surface area contributed by atoms with Crippen molar-refractivity contribution in [2.75, 3.05) is 23.8 Å². The molecule has 1 aliphatic rings. The zero-order chi connectivity index (χ0) is 18.5. The number of benzene rings is 1. The van der Waals surface area contributed by atoms with Crippen LogP contribution in [0.5, 0.6) is 0 Å². The predicted molar refractivity (Wildman–Crippen MR) is 102 cm³/mol. The average molecular weight is 418 g/mol. The van der Waals surface area contributed by atoms with Crippen LogP contribution in [0, 0.1) is 24.2 Å². The molecule has 1 saturated heterocycles. The highest BCUT2D eigenvalue weighted by Crippen LogP contribution is 2.25. The highest BCUT2D eigenvalue weighted by Gasteiger charge is 2.26. The molecule has 0 aliphatic carbocycles. The van der Waals surface area contributed by atoms with Crippen molar-refractivity contribution in [1.29, 1.82) is 5.26 Å². The van der Waals surface area contributed by atoms with Crippen molar-refractivity contribution >= 4 is 33.4 Å². The zero-order valence-corrected chi connectivity index (χ0v) is 16.0. The third-order valence-corrected chi connectivity index (χ3v) is 5.06. The Hall–Kier alpha value is -2.21. The van der Waals surface area contributed by atoms with Gasteiger partial charge in [-0.05, 0) is 37.1 Å². The first-order valence-corrected chi connectivity index (χ1v) is 9.14. The van der Waals surface area contributed by atoms with Crippen LogP contribution in [0.25, 0.3) is 0 Å². The van der Waals surface area contributed by atoms with Crippen LogP contribution in [0.15, 0.2) is 28.9 Å². The number of hydrogen-bond acceptors (Lipinski definition) is 7. The molecule has 8 heteroatoms. The van der Waals surface area contributed by atoms with Gasteiger partial charge in [0.15, 0.2) is 0 Å². The lowest BCUT2D eigenvalue weighted by molar-refractivity contribution is 0.0698. The molecule has 26 heavy (non-hydrogen) atoms. The van der Waals surface area contributed by atoms with Crippen LogP contribution in [0.3, 0.4) is 0 Å². The van der Waals surface area contributed by atoms with Crippen molar-refractivity contribution in [3.8, 4) is 6.07 Å². The summed E-state index contributed by atoms with van der Waals surface area (Å²) in [6.45, 7) is 2.95. The second kappa shape index (κ2) is 8.45. The second-order valence-corrected chi connectivity index (χ2v) is 7.02. The summed E-state index contributed by atoms with van der Waals surface area (Å²) in [7, 11) is 0. The number of aliphatic hydroxyl groups is 1. The van der Waals surface area contributed by atoms with E-state index in [1.165, 1.54) is 0 Å². The fourth-order valence-electron chi connectivity index (χ4n) is 2.76. The predicted octanol–water partition coefficient (Wildman–Crippen LogP) is 3.12. The summed E-state index contributed by atoms with van der Waals surface area (Å²) in [6, 6.07) is 7.81.